The SMILES string of the molecule is CC(CC(=O)Nc1nnc2ccccn12)NC(=O)c1ccccc1. The molecule has 7 nitrogen and oxygen atoms in total. The molecule has 0 fully saturated rings. The van der Waals surface area contributed by atoms with E-state index in [1.54, 1.807) is 47.9 Å². The van der Waals surface area contributed by atoms with Gasteiger partial charge in [-0.3, -0.25) is 19.3 Å². The van der Waals surface area contributed by atoms with Crippen LogP contribution in [0.5, 0.6) is 0 Å². The van der Waals surface area contributed by atoms with Crippen LogP contribution in [0.25, 0.3) is 5.65 Å². The van der Waals surface area contributed by atoms with E-state index >= 15 is 0 Å². The van der Waals surface area contributed by atoms with E-state index in [0.29, 0.717) is 17.2 Å². The number of nitrogens with zero attached hydrogens (tertiary/aromatic N) is 3. The summed E-state index contributed by atoms with van der Waals surface area (Å²) in [6.07, 6.45) is 1.91. The number of benzene rings is 1. The molecule has 0 bridgehead atoms. The molecule has 7 heteroatoms. The van der Waals surface area contributed by atoms with Crippen LogP contribution in [-0.4, -0.2) is 32.5 Å². The molecule has 2 aromatic heterocycles. The molecule has 2 amide bonds. The quantitative estimate of drug-likeness (QED) is 0.750. The van der Waals surface area contributed by atoms with Gasteiger partial charge in [-0.05, 0) is 31.2 Å². The molecule has 1 unspecified atom stereocenters. The molecule has 3 rings (SSSR count). The van der Waals surface area contributed by atoms with E-state index in [9.17, 15) is 9.59 Å². The predicted molar refractivity (Wildman–Crippen MR) is 89.6 cm³/mol. The van der Waals surface area contributed by atoms with Crippen LogP contribution in [0.15, 0.2) is 54.7 Å². The Morgan fingerprint density at radius 3 is 2.62 bits per heavy atom. The van der Waals surface area contributed by atoms with E-state index in [4.69, 9.17) is 0 Å². The van der Waals surface area contributed by atoms with Crippen molar-refractivity contribution < 1.29 is 9.59 Å². The lowest BCUT2D eigenvalue weighted by Gasteiger charge is -2.13. The highest BCUT2D eigenvalue weighted by Crippen LogP contribution is 2.08. The number of nitrogens with one attached hydrogen (secondary N) is 2. The number of rotatable bonds is 5. The molecule has 1 aromatic carbocycles. The Labute approximate surface area is 138 Å². The Hall–Kier alpha value is -3.22. The van der Waals surface area contributed by atoms with E-state index in [-0.39, 0.29) is 24.3 Å². The number of carbonyl (C=O) groups is 2. The third-order valence-corrected chi connectivity index (χ3v) is 3.47. The molecular weight excluding hydrogens is 306 g/mol. The first-order valence-electron chi connectivity index (χ1n) is 7.59. The average Bonchev–Trinajstić information content (AvgIpc) is 2.98. The number of aromatic nitrogens is 3. The van der Waals surface area contributed by atoms with Gasteiger partial charge in [0.1, 0.15) is 0 Å². The Bertz CT molecular complexity index is 860. The summed E-state index contributed by atoms with van der Waals surface area (Å²) < 4.78 is 1.69. The fourth-order valence-corrected chi connectivity index (χ4v) is 2.33. The van der Waals surface area contributed by atoms with Gasteiger partial charge in [-0.1, -0.05) is 24.3 Å². The summed E-state index contributed by atoms with van der Waals surface area (Å²) in [5, 5.41) is 13.4. The molecule has 0 aliphatic carbocycles. The molecule has 3 aromatic rings. The Kier molecular flexibility index (Phi) is 4.51. The van der Waals surface area contributed by atoms with E-state index in [1.165, 1.54) is 0 Å². The van der Waals surface area contributed by atoms with Crippen molar-refractivity contribution in [1.29, 1.82) is 0 Å². The van der Waals surface area contributed by atoms with Crippen molar-refractivity contribution in [3.8, 4) is 0 Å². The largest absolute Gasteiger partial charge is 0.349 e. The molecule has 122 valence electrons. The summed E-state index contributed by atoms with van der Waals surface area (Å²) in [5.41, 5.74) is 1.21. The van der Waals surface area contributed by atoms with Crippen LogP contribution in [0.3, 0.4) is 0 Å². The molecule has 0 aliphatic heterocycles. The van der Waals surface area contributed by atoms with Crippen molar-refractivity contribution in [2.75, 3.05) is 5.32 Å². The number of carbonyl (C=O) groups excluding carboxylic acids is 2. The summed E-state index contributed by atoms with van der Waals surface area (Å²) in [5.74, 6) is -0.0879. The van der Waals surface area contributed by atoms with Crippen LogP contribution in [0.1, 0.15) is 23.7 Å². The van der Waals surface area contributed by atoms with Gasteiger partial charge in [0.2, 0.25) is 11.9 Å². The van der Waals surface area contributed by atoms with Gasteiger partial charge in [-0.25, -0.2) is 0 Å². The van der Waals surface area contributed by atoms with Crippen molar-refractivity contribution in [2.45, 2.75) is 19.4 Å². The number of hydrogen-bond donors (Lipinski definition) is 2. The fourth-order valence-electron chi connectivity index (χ4n) is 2.33. The van der Waals surface area contributed by atoms with Crippen molar-refractivity contribution >= 4 is 23.4 Å². The second-order valence-corrected chi connectivity index (χ2v) is 5.45. The van der Waals surface area contributed by atoms with Crippen molar-refractivity contribution in [2.24, 2.45) is 0 Å². The van der Waals surface area contributed by atoms with E-state index in [0.717, 1.165) is 0 Å². The van der Waals surface area contributed by atoms with Crippen LogP contribution in [-0.2, 0) is 4.79 Å². The zero-order valence-corrected chi connectivity index (χ0v) is 13.1. The standard InChI is InChI=1S/C17H17N5O2/c1-12(18-16(24)13-7-3-2-4-8-13)11-15(23)19-17-21-20-14-9-5-6-10-22(14)17/h2-10,12H,11H2,1H3,(H,18,24)(H,19,21,23). The summed E-state index contributed by atoms with van der Waals surface area (Å²) >= 11 is 0. The second kappa shape index (κ2) is 6.91. The minimum absolute atomic E-state index is 0.139. The smallest absolute Gasteiger partial charge is 0.251 e. The first kappa shape index (κ1) is 15.7. The van der Waals surface area contributed by atoms with Gasteiger partial charge in [0.25, 0.3) is 5.91 Å². The fraction of sp³-hybridized carbons (Fsp3) is 0.176. The first-order valence-corrected chi connectivity index (χ1v) is 7.59. The Morgan fingerprint density at radius 1 is 1.08 bits per heavy atom. The van der Waals surface area contributed by atoms with Gasteiger partial charge in [-0.2, -0.15) is 0 Å². The van der Waals surface area contributed by atoms with E-state index in [1.807, 2.05) is 18.2 Å². The third kappa shape index (κ3) is 3.57. The number of amides is 2. The van der Waals surface area contributed by atoms with E-state index < -0.39 is 0 Å². The highest BCUT2D eigenvalue weighted by molar-refractivity contribution is 5.95. The Balaban J connectivity index is 1.57. The molecular formula is C17H17N5O2. The zero-order chi connectivity index (χ0) is 16.9. The molecule has 0 aliphatic rings. The molecule has 1 atom stereocenters. The average molecular weight is 323 g/mol. The van der Waals surface area contributed by atoms with Crippen LogP contribution in [0.2, 0.25) is 0 Å². The molecule has 2 N–H and O–H groups in total. The lowest BCUT2D eigenvalue weighted by Crippen LogP contribution is -2.35. The molecule has 2 heterocycles. The molecule has 0 radical (unpaired) electrons. The molecule has 0 spiro atoms. The monoisotopic (exact) mass is 323 g/mol. The van der Waals surface area contributed by atoms with Crippen molar-refractivity contribution in [3.63, 3.8) is 0 Å². The van der Waals surface area contributed by atoms with Crippen molar-refractivity contribution in [1.82, 2.24) is 19.9 Å². The maximum absolute atomic E-state index is 12.1. The predicted octanol–water partition coefficient (Wildman–Crippen LogP) is 1.88. The van der Waals surface area contributed by atoms with Gasteiger partial charge >= 0.3 is 0 Å². The summed E-state index contributed by atoms with van der Waals surface area (Å²) in [4.78, 5) is 24.2. The summed E-state index contributed by atoms with van der Waals surface area (Å²) in [6, 6.07) is 14.0. The lowest BCUT2D eigenvalue weighted by atomic mass is 10.1. The molecule has 24 heavy (non-hydrogen) atoms. The minimum Gasteiger partial charge on any atom is -0.349 e. The van der Waals surface area contributed by atoms with Crippen LogP contribution >= 0.6 is 0 Å². The highest BCUT2D eigenvalue weighted by Gasteiger charge is 2.15. The maximum atomic E-state index is 12.1. The summed E-state index contributed by atoms with van der Waals surface area (Å²) in [6.45, 7) is 1.78. The second-order valence-electron chi connectivity index (χ2n) is 5.45. The van der Waals surface area contributed by atoms with Crippen molar-refractivity contribution in [3.05, 3.63) is 60.3 Å². The van der Waals surface area contributed by atoms with Gasteiger partial charge < -0.3 is 5.32 Å². The highest BCUT2D eigenvalue weighted by atomic mass is 16.2. The van der Waals surface area contributed by atoms with Gasteiger partial charge in [0.15, 0.2) is 5.65 Å². The maximum Gasteiger partial charge on any atom is 0.251 e. The molecule has 0 saturated carbocycles. The van der Waals surface area contributed by atoms with Crippen LogP contribution in [0, 0.1) is 0 Å². The lowest BCUT2D eigenvalue weighted by molar-refractivity contribution is -0.116. The van der Waals surface area contributed by atoms with Gasteiger partial charge in [0.05, 0.1) is 0 Å². The van der Waals surface area contributed by atoms with Crippen LogP contribution < -0.4 is 10.6 Å². The zero-order valence-electron chi connectivity index (χ0n) is 13.1. The topological polar surface area (TPSA) is 88.4 Å². The molecule has 0 saturated heterocycles. The van der Waals surface area contributed by atoms with Gasteiger partial charge in [0, 0.05) is 24.2 Å². The van der Waals surface area contributed by atoms with Gasteiger partial charge in [-0.15, -0.1) is 10.2 Å². The van der Waals surface area contributed by atoms with E-state index in [2.05, 4.69) is 20.8 Å². The normalized spacial score (nSPS) is 11.9. The number of hydrogen-bond acceptors (Lipinski definition) is 4. The number of pyridine rings is 1. The first-order chi connectivity index (χ1) is 11.6. The van der Waals surface area contributed by atoms with Crippen LogP contribution in [0.4, 0.5) is 5.95 Å². The number of fused-ring (bicyclic) bond motifs is 1. The third-order valence-electron chi connectivity index (χ3n) is 3.47. The Morgan fingerprint density at radius 2 is 1.83 bits per heavy atom. The number of anilines is 1. The minimum atomic E-state index is -0.308. The summed E-state index contributed by atoms with van der Waals surface area (Å²) in [7, 11) is 0.